The predicted octanol–water partition coefficient (Wildman–Crippen LogP) is 4.96. The molecule has 0 bridgehead atoms. The van der Waals surface area contributed by atoms with Crippen LogP contribution >= 0.6 is 11.3 Å². The van der Waals surface area contributed by atoms with Crippen LogP contribution in [-0.2, 0) is 6.42 Å². The van der Waals surface area contributed by atoms with Crippen molar-refractivity contribution >= 4 is 17.6 Å². The van der Waals surface area contributed by atoms with Crippen molar-refractivity contribution in [3.05, 3.63) is 46.8 Å². The quantitative estimate of drug-likeness (QED) is 0.528. The van der Waals surface area contributed by atoms with E-state index in [9.17, 15) is 4.79 Å². The van der Waals surface area contributed by atoms with Crippen LogP contribution in [0.2, 0.25) is 0 Å². The SMILES string of the molecule is CCCCCc1ccc(-c2ccc(C=O)s2)cc1. The fourth-order valence-corrected chi connectivity index (χ4v) is 2.81. The topological polar surface area (TPSA) is 17.1 Å². The molecule has 1 heterocycles. The van der Waals surface area contributed by atoms with Gasteiger partial charge in [-0.1, -0.05) is 44.0 Å². The first kappa shape index (κ1) is 13.0. The summed E-state index contributed by atoms with van der Waals surface area (Å²) < 4.78 is 0. The first-order chi connectivity index (χ1) is 8.83. The Morgan fingerprint density at radius 2 is 1.83 bits per heavy atom. The molecule has 18 heavy (non-hydrogen) atoms. The normalized spacial score (nSPS) is 10.5. The van der Waals surface area contributed by atoms with Crippen LogP contribution in [-0.4, -0.2) is 6.29 Å². The van der Waals surface area contributed by atoms with Gasteiger partial charge in [-0.15, -0.1) is 11.3 Å². The zero-order chi connectivity index (χ0) is 12.8. The van der Waals surface area contributed by atoms with E-state index < -0.39 is 0 Å². The lowest BCUT2D eigenvalue weighted by Gasteiger charge is -2.02. The highest BCUT2D eigenvalue weighted by atomic mass is 32.1. The number of aldehydes is 1. The van der Waals surface area contributed by atoms with Crippen LogP contribution in [0.5, 0.6) is 0 Å². The molecule has 0 fully saturated rings. The molecule has 0 aliphatic rings. The van der Waals surface area contributed by atoms with Gasteiger partial charge in [0, 0.05) is 4.88 Å². The van der Waals surface area contributed by atoms with Gasteiger partial charge >= 0.3 is 0 Å². The molecule has 0 aliphatic carbocycles. The first-order valence-electron chi connectivity index (χ1n) is 6.48. The maximum atomic E-state index is 10.7. The second kappa shape index (κ2) is 6.50. The third-order valence-corrected chi connectivity index (χ3v) is 4.11. The molecule has 0 spiro atoms. The Labute approximate surface area is 112 Å². The lowest BCUT2D eigenvalue weighted by molar-refractivity contribution is 0.112. The third kappa shape index (κ3) is 3.30. The van der Waals surface area contributed by atoms with E-state index in [4.69, 9.17) is 0 Å². The highest BCUT2D eigenvalue weighted by Gasteiger charge is 2.02. The van der Waals surface area contributed by atoms with Gasteiger partial charge in [0.05, 0.1) is 4.88 Å². The summed E-state index contributed by atoms with van der Waals surface area (Å²) in [4.78, 5) is 12.6. The van der Waals surface area contributed by atoms with Crippen molar-refractivity contribution in [3.8, 4) is 10.4 Å². The van der Waals surface area contributed by atoms with Gasteiger partial charge in [-0.05, 0) is 36.1 Å². The number of rotatable bonds is 6. The second-order valence-electron chi connectivity index (χ2n) is 4.47. The van der Waals surface area contributed by atoms with Gasteiger partial charge in [0.1, 0.15) is 0 Å². The average molecular weight is 258 g/mol. The van der Waals surface area contributed by atoms with Crippen LogP contribution in [0, 0.1) is 0 Å². The lowest BCUT2D eigenvalue weighted by atomic mass is 10.0. The van der Waals surface area contributed by atoms with Gasteiger partial charge in [-0.3, -0.25) is 4.79 Å². The zero-order valence-electron chi connectivity index (χ0n) is 10.7. The first-order valence-corrected chi connectivity index (χ1v) is 7.29. The largest absolute Gasteiger partial charge is 0.297 e. The van der Waals surface area contributed by atoms with Crippen molar-refractivity contribution in [2.45, 2.75) is 32.6 Å². The number of hydrogen-bond donors (Lipinski definition) is 0. The standard InChI is InChI=1S/C16H18OS/c1-2-3-4-5-13-6-8-14(9-7-13)16-11-10-15(12-17)18-16/h6-12H,2-5H2,1H3. The molecule has 94 valence electrons. The molecule has 0 saturated heterocycles. The second-order valence-corrected chi connectivity index (χ2v) is 5.59. The highest BCUT2D eigenvalue weighted by molar-refractivity contribution is 7.17. The summed E-state index contributed by atoms with van der Waals surface area (Å²) in [5.41, 5.74) is 2.60. The smallest absolute Gasteiger partial charge is 0.160 e. The van der Waals surface area contributed by atoms with Crippen LogP contribution < -0.4 is 0 Å². The van der Waals surface area contributed by atoms with Crippen molar-refractivity contribution in [2.75, 3.05) is 0 Å². The molecule has 1 aromatic carbocycles. The minimum absolute atomic E-state index is 0.789. The molecule has 1 aromatic heterocycles. The summed E-state index contributed by atoms with van der Waals surface area (Å²) in [5, 5.41) is 0. The Morgan fingerprint density at radius 3 is 2.44 bits per heavy atom. The molecule has 0 atom stereocenters. The van der Waals surface area contributed by atoms with Gasteiger partial charge in [0.2, 0.25) is 0 Å². The van der Waals surface area contributed by atoms with Gasteiger partial charge in [-0.25, -0.2) is 0 Å². The van der Waals surface area contributed by atoms with E-state index >= 15 is 0 Å². The Hall–Kier alpha value is -1.41. The minimum atomic E-state index is 0.789. The number of unbranched alkanes of at least 4 members (excludes halogenated alkanes) is 2. The lowest BCUT2D eigenvalue weighted by Crippen LogP contribution is -1.85. The minimum Gasteiger partial charge on any atom is -0.297 e. The fourth-order valence-electron chi connectivity index (χ4n) is 1.99. The van der Waals surface area contributed by atoms with Crippen LogP contribution in [0.3, 0.4) is 0 Å². The fraction of sp³-hybridized carbons (Fsp3) is 0.312. The summed E-state index contributed by atoms with van der Waals surface area (Å²) in [5.74, 6) is 0. The Kier molecular flexibility index (Phi) is 4.71. The van der Waals surface area contributed by atoms with Crippen molar-refractivity contribution in [1.82, 2.24) is 0 Å². The Bertz CT molecular complexity index is 496. The molecule has 0 radical (unpaired) electrons. The summed E-state index contributed by atoms with van der Waals surface area (Å²) in [7, 11) is 0. The molecular formula is C16H18OS. The molecule has 0 aliphatic heterocycles. The zero-order valence-corrected chi connectivity index (χ0v) is 11.5. The van der Waals surface area contributed by atoms with E-state index in [0.717, 1.165) is 22.5 Å². The Balaban J connectivity index is 2.04. The van der Waals surface area contributed by atoms with Gasteiger partial charge in [-0.2, -0.15) is 0 Å². The number of carbonyl (C=O) groups is 1. The van der Waals surface area contributed by atoms with Crippen molar-refractivity contribution < 1.29 is 4.79 Å². The van der Waals surface area contributed by atoms with Crippen LogP contribution in [0.4, 0.5) is 0 Å². The summed E-state index contributed by atoms with van der Waals surface area (Å²) in [6, 6.07) is 12.6. The van der Waals surface area contributed by atoms with E-state index in [0.29, 0.717) is 0 Å². The maximum absolute atomic E-state index is 10.7. The average Bonchev–Trinajstić information content (AvgIpc) is 2.89. The summed E-state index contributed by atoms with van der Waals surface area (Å²) >= 11 is 1.55. The summed E-state index contributed by atoms with van der Waals surface area (Å²) in [6.45, 7) is 2.23. The number of benzene rings is 1. The van der Waals surface area contributed by atoms with Gasteiger partial charge in [0.25, 0.3) is 0 Å². The van der Waals surface area contributed by atoms with E-state index in [-0.39, 0.29) is 0 Å². The highest BCUT2D eigenvalue weighted by Crippen LogP contribution is 2.27. The summed E-state index contributed by atoms with van der Waals surface area (Å²) in [6.07, 6.45) is 5.91. The van der Waals surface area contributed by atoms with Crippen molar-refractivity contribution in [1.29, 1.82) is 0 Å². The monoisotopic (exact) mass is 258 g/mol. The molecule has 0 N–H and O–H groups in total. The molecule has 1 nitrogen and oxygen atoms in total. The van der Waals surface area contributed by atoms with Crippen molar-refractivity contribution in [3.63, 3.8) is 0 Å². The van der Waals surface area contributed by atoms with E-state index in [2.05, 4.69) is 31.2 Å². The number of hydrogen-bond acceptors (Lipinski definition) is 2. The van der Waals surface area contributed by atoms with Gasteiger partial charge in [0.15, 0.2) is 6.29 Å². The molecular weight excluding hydrogens is 240 g/mol. The maximum Gasteiger partial charge on any atom is 0.160 e. The number of aryl methyl sites for hydroxylation is 1. The molecule has 2 rings (SSSR count). The molecule has 0 amide bonds. The predicted molar refractivity (Wildman–Crippen MR) is 78.4 cm³/mol. The van der Waals surface area contributed by atoms with Crippen molar-refractivity contribution in [2.24, 2.45) is 0 Å². The van der Waals surface area contributed by atoms with E-state index in [1.807, 2.05) is 12.1 Å². The Morgan fingerprint density at radius 1 is 1.06 bits per heavy atom. The molecule has 0 saturated carbocycles. The van der Waals surface area contributed by atoms with E-state index in [1.54, 1.807) is 11.3 Å². The molecule has 2 heteroatoms. The van der Waals surface area contributed by atoms with Crippen LogP contribution in [0.25, 0.3) is 10.4 Å². The third-order valence-electron chi connectivity index (χ3n) is 3.05. The molecule has 0 unspecified atom stereocenters. The number of thiophene rings is 1. The van der Waals surface area contributed by atoms with Gasteiger partial charge < -0.3 is 0 Å². The van der Waals surface area contributed by atoms with E-state index in [1.165, 1.54) is 30.4 Å². The number of carbonyl (C=O) groups excluding carboxylic acids is 1. The van der Waals surface area contributed by atoms with Crippen LogP contribution in [0.15, 0.2) is 36.4 Å². The van der Waals surface area contributed by atoms with Crippen LogP contribution in [0.1, 0.15) is 41.4 Å². The molecule has 2 aromatic rings.